The van der Waals surface area contributed by atoms with Crippen molar-refractivity contribution in [3.8, 4) is 11.3 Å². The van der Waals surface area contributed by atoms with Crippen LogP contribution in [0.3, 0.4) is 0 Å². The van der Waals surface area contributed by atoms with E-state index < -0.39 is 0 Å². The van der Waals surface area contributed by atoms with Gasteiger partial charge in [-0.1, -0.05) is 19.3 Å². The maximum absolute atomic E-state index is 5.20. The molecule has 2 aliphatic heterocycles. The summed E-state index contributed by atoms with van der Waals surface area (Å²) < 4.78 is 2.15. The number of fused-ring (bicyclic) bond motifs is 3. The predicted molar refractivity (Wildman–Crippen MR) is 137 cm³/mol. The largest absolute Gasteiger partial charge is 0.367 e. The Labute approximate surface area is 202 Å². The van der Waals surface area contributed by atoms with Crippen molar-refractivity contribution >= 4 is 17.4 Å². The number of pyridine rings is 1. The second-order valence-electron chi connectivity index (χ2n) is 10.8. The molecule has 6 rings (SSSR count). The number of imidazole rings is 1. The standard InChI is InChI=1S/C27H37N7/c1-18(2)33-16-23-14-22(33)17-34(23)27-31-24(15-26-29-11-12-32(26)27)21-9-10-28-25(13-21)30-19(3)20-7-5-4-6-8-20/h9-13,15,18-20,22-23H,4-8,14,16-17H2,1-3H3,(H,28,30)/t19?,22?,23-/m0/s1. The molecule has 0 radical (unpaired) electrons. The molecule has 1 aliphatic carbocycles. The highest BCUT2D eigenvalue weighted by Gasteiger charge is 2.45. The monoisotopic (exact) mass is 459 g/mol. The second kappa shape index (κ2) is 8.84. The van der Waals surface area contributed by atoms with Crippen LogP contribution in [0.2, 0.25) is 0 Å². The number of nitrogens with zero attached hydrogens (tertiary/aromatic N) is 6. The fourth-order valence-electron chi connectivity index (χ4n) is 6.49. The molecule has 7 heteroatoms. The first-order valence-electron chi connectivity index (χ1n) is 13.2. The van der Waals surface area contributed by atoms with E-state index in [-0.39, 0.29) is 0 Å². The summed E-state index contributed by atoms with van der Waals surface area (Å²) in [5.74, 6) is 2.69. The number of hydrogen-bond donors (Lipinski definition) is 1. The Balaban J connectivity index is 1.28. The number of piperazine rings is 1. The lowest BCUT2D eigenvalue weighted by atomic mass is 9.84. The minimum Gasteiger partial charge on any atom is -0.367 e. The highest BCUT2D eigenvalue weighted by Crippen LogP contribution is 2.36. The summed E-state index contributed by atoms with van der Waals surface area (Å²) in [6.45, 7) is 9.08. The minimum atomic E-state index is 0.436. The van der Waals surface area contributed by atoms with E-state index in [1.54, 1.807) is 0 Å². The van der Waals surface area contributed by atoms with Crippen molar-refractivity contribution < 1.29 is 0 Å². The van der Waals surface area contributed by atoms with Gasteiger partial charge < -0.3 is 10.2 Å². The van der Waals surface area contributed by atoms with Gasteiger partial charge in [0.1, 0.15) is 11.5 Å². The van der Waals surface area contributed by atoms with Crippen molar-refractivity contribution in [2.45, 2.75) is 83.5 Å². The number of rotatable bonds is 6. The molecule has 0 spiro atoms. The Morgan fingerprint density at radius 1 is 0.971 bits per heavy atom. The van der Waals surface area contributed by atoms with Crippen molar-refractivity contribution in [3.05, 3.63) is 36.8 Å². The Kier molecular flexibility index (Phi) is 5.68. The van der Waals surface area contributed by atoms with Crippen molar-refractivity contribution in [2.24, 2.45) is 5.92 Å². The number of aromatic nitrogens is 4. The van der Waals surface area contributed by atoms with E-state index in [1.165, 1.54) is 38.5 Å². The normalized spacial score (nSPS) is 24.4. The molecule has 0 aromatic carbocycles. The van der Waals surface area contributed by atoms with Gasteiger partial charge in [0.15, 0.2) is 0 Å². The Hall–Kier alpha value is -2.67. The first-order chi connectivity index (χ1) is 16.6. The lowest BCUT2D eigenvalue weighted by Gasteiger charge is -2.37. The first kappa shape index (κ1) is 21.8. The third kappa shape index (κ3) is 3.94. The summed E-state index contributed by atoms with van der Waals surface area (Å²) >= 11 is 0. The van der Waals surface area contributed by atoms with Crippen LogP contribution in [-0.4, -0.2) is 61.5 Å². The molecule has 7 nitrogen and oxygen atoms in total. The van der Waals surface area contributed by atoms with Gasteiger partial charge in [-0.2, -0.15) is 0 Å². The van der Waals surface area contributed by atoms with Crippen molar-refractivity contribution in [2.75, 3.05) is 23.3 Å². The molecule has 180 valence electrons. The lowest BCUT2D eigenvalue weighted by Crippen LogP contribution is -2.49. The molecule has 34 heavy (non-hydrogen) atoms. The van der Waals surface area contributed by atoms with Crippen LogP contribution in [0.4, 0.5) is 11.8 Å². The quantitative estimate of drug-likeness (QED) is 0.569. The van der Waals surface area contributed by atoms with E-state index in [9.17, 15) is 0 Å². The number of nitrogens with one attached hydrogen (secondary N) is 1. The second-order valence-corrected chi connectivity index (χ2v) is 10.8. The minimum absolute atomic E-state index is 0.436. The van der Waals surface area contributed by atoms with Gasteiger partial charge in [0, 0.05) is 67.5 Å². The smallest absolute Gasteiger partial charge is 0.212 e. The summed E-state index contributed by atoms with van der Waals surface area (Å²) in [6, 6.07) is 8.50. The van der Waals surface area contributed by atoms with Crippen LogP contribution < -0.4 is 10.2 Å². The molecule has 5 heterocycles. The fourth-order valence-corrected chi connectivity index (χ4v) is 6.49. The third-order valence-electron chi connectivity index (χ3n) is 8.36. The lowest BCUT2D eigenvalue weighted by molar-refractivity contribution is 0.190. The van der Waals surface area contributed by atoms with Crippen LogP contribution in [-0.2, 0) is 0 Å². The highest BCUT2D eigenvalue weighted by molar-refractivity contribution is 5.68. The van der Waals surface area contributed by atoms with Gasteiger partial charge in [0.25, 0.3) is 0 Å². The first-order valence-corrected chi connectivity index (χ1v) is 13.2. The summed E-state index contributed by atoms with van der Waals surface area (Å²) in [5.41, 5.74) is 3.01. The molecule has 2 unspecified atom stereocenters. The van der Waals surface area contributed by atoms with Crippen LogP contribution in [0.15, 0.2) is 36.8 Å². The molecule has 3 fully saturated rings. The summed E-state index contributed by atoms with van der Waals surface area (Å²) in [7, 11) is 0. The third-order valence-corrected chi connectivity index (χ3v) is 8.36. The van der Waals surface area contributed by atoms with E-state index >= 15 is 0 Å². The number of likely N-dealkylation sites (tertiary alicyclic amines) is 1. The molecule has 2 saturated heterocycles. The van der Waals surface area contributed by atoms with Gasteiger partial charge in [-0.3, -0.25) is 9.30 Å². The maximum atomic E-state index is 5.20. The number of hydrogen-bond acceptors (Lipinski definition) is 6. The van der Waals surface area contributed by atoms with Crippen LogP contribution in [0, 0.1) is 5.92 Å². The van der Waals surface area contributed by atoms with Crippen molar-refractivity contribution in [3.63, 3.8) is 0 Å². The summed E-state index contributed by atoms with van der Waals surface area (Å²) in [4.78, 5) is 19.6. The average molecular weight is 460 g/mol. The van der Waals surface area contributed by atoms with E-state index in [2.05, 4.69) is 68.5 Å². The van der Waals surface area contributed by atoms with Gasteiger partial charge in [0.2, 0.25) is 5.95 Å². The van der Waals surface area contributed by atoms with E-state index in [4.69, 9.17) is 4.98 Å². The molecule has 3 aromatic heterocycles. The van der Waals surface area contributed by atoms with Gasteiger partial charge >= 0.3 is 0 Å². The molecular weight excluding hydrogens is 422 g/mol. The average Bonchev–Trinajstić information content (AvgIpc) is 3.60. The van der Waals surface area contributed by atoms with Crippen LogP contribution >= 0.6 is 0 Å². The highest BCUT2D eigenvalue weighted by atomic mass is 15.4. The zero-order valence-electron chi connectivity index (χ0n) is 20.7. The molecular formula is C27H37N7. The van der Waals surface area contributed by atoms with Gasteiger partial charge in [0.05, 0.1) is 5.69 Å². The van der Waals surface area contributed by atoms with E-state index in [0.29, 0.717) is 24.2 Å². The molecule has 2 bridgehead atoms. The van der Waals surface area contributed by atoms with E-state index in [1.807, 2.05) is 18.6 Å². The molecule has 3 aromatic rings. The Morgan fingerprint density at radius 3 is 2.59 bits per heavy atom. The maximum Gasteiger partial charge on any atom is 0.212 e. The Morgan fingerprint density at radius 2 is 1.82 bits per heavy atom. The van der Waals surface area contributed by atoms with Crippen molar-refractivity contribution in [1.82, 2.24) is 24.3 Å². The van der Waals surface area contributed by atoms with Gasteiger partial charge in [-0.05, 0) is 58.1 Å². The molecule has 1 N–H and O–H groups in total. The molecule has 3 atom stereocenters. The van der Waals surface area contributed by atoms with E-state index in [0.717, 1.165) is 47.7 Å². The van der Waals surface area contributed by atoms with Crippen molar-refractivity contribution in [1.29, 1.82) is 0 Å². The number of anilines is 2. The Bertz CT molecular complexity index is 1150. The summed E-state index contributed by atoms with van der Waals surface area (Å²) in [5, 5.41) is 3.69. The van der Waals surface area contributed by atoms with Crippen LogP contribution in [0.25, 0.3) is 16.9 Å². The predicted octanol–water partition coefficient (Wildman–Crippen LogP) is 4.84. The van der Waals surface area contributed by atoms with Gasteiger partial charge in [-0.25, -0.2) is 15.0 Å². The topological polar surface area (TPSA) is 61.6 Å². The molecule has 0 amide bonds. The molecule has 3 aliphatic rings. The zero-order chi connectivity index (χ0) is 23.2. The summed E-state index contributed by atoms with van der Waals surface area (Å²) in [6.07, 6.45) is 13.8. The SMILES string of the molecule is CC(Nc1cc(-c2cc3nccn3c(N3CC4C[C@H]3CN4C(C)C)n2)ccn1)C1CCCCC1. The molecule has 1 saturated carbocycles. The van der Waals surface area contributed by atoms with Crippen LogP contribution in [0.1, 0.15) is 59.3 Å². The van der Waals surface area contributed by atoms with Gasteiger partial charge in [-0.15, -0.1) is 0 Å². The zero-order valence-corrected chi connectivity index (χ0v) is 20.7. The fraction of sp³-hybridized carbons (Fsp3) is 0.593. The van der Waals surface area contributed by atoms with Crippen LogP contribution in [0.5, 0.6) is 0 Å².